The summed E-state index contributed by atoms with van der Waals surface area (Å²) in [7, 11) is 0. The highest BCUT2D eigenvalue weighted by Crippen LogP contribution is 2.41. The van der Waals surface area contributed by atoms with Gasteiger partial charge >= 0.3 is 0 Å². The maximum atomic E-state index is 3.76. The van der Waals surface area contributed by atoms with Gasteiger partial charge < -0.3 is 5.32 Å². The molecule has 0 aromatic heterocycles. The molecule has 0 spiro atoms. The van der Waals surface area contributed by atoms with E-state index in [1.165, 1.54) is 30.4 Å². The molecule has 1 aromatic carbocycles. The van der Waals surface area contributed by atoms with Crippen molar-refractivity contribution in [3.05, 3.63) is 35.4 Å². The molecule has 0 heterocycles. The van der Waals surface area contributed by atoms with E-state index in [-0.39, 0.29) is 5.41 Å². The van der Waals surface area contributed by atoms with Gasteiger partial charge in [-0.2, -0.15) is 0 Å². The molecule has 1 saturated carbocycles. The molecule has 2 rings (SSSR count). The van der Waals surface area contributed by atoms with E-state index >= 15 is 0 Å². The summed E-state index contributed by atoms with van der Waals surface area (Å²) in [6.07, 6.45) is 3.81. The summed E-state index contributed by atoms with van der Waals surface area (Å²) in [5, 5.41) is 3.76. The summed E-state index contributed by atoms with van der Waals surface area (Å²) in [6.45, 7) is 12.6. The first kappa shape index (κ1) is 15.6. The smallest absolute Gasteiger partial charge is 0.0138 e. The Morgan fingerprint density at radius 1 is 1.20 bits per heavy atom. The van der Waals surface area contributed by atoms with Gasteiger partial charge in [-0.1, -0.05) is 58.9 Å². The van der Waals surface area contributed by atoms with Crippen LogP contribution in [0.5, 0.6) is 0 Å². The normalized spacial score (nSPS) is 23.6. The van der Waals surface area contributed by atoms with Crippen LogP contribution in [0.3, 0.4) is 0 Å². The first-order valence-electron chi connectivity index (χ1n) is 8.24. The highest BCUT2D eigenvalue weighted by molar-refractivity contribution is 5.28. The van der Waals surface area contributed by atoms with Crippen molar-refractivity contribution < 1.29 is 0 Å². The molecule has 1 fully saturated rings. The summed E-state index contributed by atoms with van der Waals surface area (Å²) >= 11 is 0. The molecule has 1 aromatic rings. The van der Waals surface area contributed by atoms with E-state index in [1.807, 2.05) is 0 Å². The minimum Gasteiger partial charge on any atom is -0.313 e. The average molecular weight is 273 g/mol. The lowest BCUT2D eigenvalue weighted by molar-refractivity contribution is 0.443. The van der Waals surface area contributed by atoms with Crippen molar-refractivity contribution >= 4 is 0 Å². The second-order valence-electron chi connectivity index (χ2n) is 7.59. The Labute approximate surface area is 125 Å². The summed E-state index contributed by atoms with van der Waals surface area (Å²) in [5.41, 5.74) is 3.16. The topological polar surface area (TPSA) is 12.0 Å². The third-order valence-corrected chi connectivity index (χ3v) is 4.62. The zero-order chi connectivity index (χ0) is 14.8. The summed E-state index contributed by atoms with van der Waals surface area (Å²) in [5.74, 6) is 1.81. The molecule has 3 atom stereocenters. The molecule has 1 aliphatic rings. The van der Waals surface area contributed by atoms with Crippen molar-refractivity contribution in [2.45, 2.75) is 65.3 Å². The van der Waals surface area contributed by atoms with Crippen LogP contribution in [-0.4, -0.2) is 12.6 Å². The number of rotatable bonds is 6. The fourth-order valence-corrected chi connectivity index (χ4v) is 3.01. The molecule has 0 saturated heterocycles. The third-order valence-electron chi connectivity index (χ3n) is 4.62. The molecule has 1 N–H and O–H groups in total. The van der Waals surface area contributed by atoms with E-state index in [0.29, 0.717) is 6.04 Å². The van der Waals surface area contributed by atoms with Crippen molar-refractivity contribution in [2.75, 3.05) is 6.54 Å². The number of hydrogen-bond donors (Lipinski definition) is 1. The molecule has 112 valence electrons. The van der Waals surface area contributed by atoms with Crippen LogP contribution < -0.4 is 5.32 Å². The molecule has 20 heavy (non-hydrogen) atoms. The van der Waals surface area contributed by atoms with Crippen molar-refractivity contribution in [1.82, 2.24) is 5.32 Å². The average Bonchev–Trinajstić information content (AvgIpc) is 3.11. The van der Waals surface area contributed by atoms with E-state index in [2.05, 4.69) is 64.2 Å². The Balaban J connectivity index is 1.99. The molecular formula is C19H31N. The zero-order valence-electron chi connectivity index (χ0n) is 13.9. The Morgan fingerprint density at radius 3 is 2.25 bits per heavy atom. The van der Waals surface area contributed by atoms with Crippen molar-refractivity contribution in [2.24, 2.45) is 11.8 Å². The molecule has 3 unspecified atom stereocenters. The molecule has 0 radical (unpaired) electrons. The quantitative estimate of drug-likeness (QED) is 0.801. The Hall–Kier alpha value is -0.820. The number of benzene rings is 1. The number of hydrogen-bond acceptors (Lipinski definition) is 1. The van der Waals surface area contributed by atoms with Gasteiger partial charge in [-0.15, -0.1) is 0 Å². The van der Waals surface area contributed by atoms with E-state index in [9.17, 15) is 0 Å². The van der Waals surface area contributed by atoms with Gasteiger partial charge in [0.2, 0.25) is 0 Å². The largest absolute Gasteiger partial charge is 0.313 e. The zero-order valence-corrected chi connectivity index (χ0v) is 13.9. The summed E-state index contributed by atoms with van der Waals surface area (Å²) in [4.78, 5) is 0. The van der Waals surface area contributed by atoms with Gasteiger partial charge in [0.15, 0.2) is 0 Å². The van der Waals surface area contributed by atoms with Crippen LogP contribution in [0.25, 0.3) is 0 Å². The van der Waals surface area contributed by atoms with Crippen LogP contribution in [0, 0.1) is 11.8 Å². The predicted molar refractivity (Wildman–Crippen MR) is 88.2 cm³/mol. The standard InChI is InChI=1S/C19H31N/c1-6-11-20-18(17-12-14(17)2)13-15-7-9-16(10-8-15)19(3,4)5/h7-10,14,17-18,20H,6,11-13H2,1-5H3. The summed E-state index contributed by atoms with van der Waals surface area (Å²) in [6, 6.07) is 9.94. The van der Waals surface area contributed by atoms with Gasteiger partial charge in [0, 0.05) is 6.04 Å². The fourth-order valence-electron chi connectivity index (χ4n) is 3.01. The van der Waals surface area contributed by atoms with Crippen molar-refractivity contribution in [1.29, 1.82) is 0 Å². The Kier molecular flexibility index (Phi) is 4.90. The van der Waals surface area contributed by atoms with Crippen LogP contribution in [-0.2, 0) is 11.8 Å². The SMILES string of the molecule is CCCNC(Cc1ccc(C(C)(C)C)cc1)C1CC1C. The van der Waals surface area contributed by atoms with Crippen LogP contribution >= 0.6 is 0 Å². The first-order chi connectivity index (χ1) is 9.41. The second kappa shape index (κ2) is 6.30. The maximum Gasteiger partial charge on any atom is 0.0138 e. The van der Waals surface area contributed by atoms with Crippen molar-refractivity contribution in [3.63, 3.8) is 0 Å². The van der Waals surface area contributed by atoms with E-state index < -0.39 is 0 Å². The van der Waals surface area contributed by atoms with Crippen LogP contribution in [0.15, 0.2) is 24.3 Å². The monoisotopic (exact) mass is 273 g/mol. The highest BCUT2D eigenvalue weighted by atomic mass is 14.9. The lowest BCUT2D eigenvalue weighted by Crippen LogP contribution is -2.34. The minimum atomic E-state index is 0.253. The minimum absolute atomic E-state index is 0.253. The summed E-state index contributed by atoms with van der Waals surface area (Å²) < 4.78 is 0. The highest BCUT2D eigenvalue weighted by Gasteiger charge is 2.38. The van der Waals surface area contributed by atoms with Crippen LogP contribution in [0.2, 0.25) is 0 Å². The maximum absolute atomic E-state index is 3.76. The van der Waals surface area contributed by atoms with Gasteiger partial charge in [-0.25, -0.2) is 0 Å². The van der Waals surface area contributed by atoms with Gasteiger partial charge in [-0.3, -0.25) is 0 Å². The van der Waals surface area contributed by atoms with Gasteiger partial charge in [0.05, 0.1) is 0 Å². The molecule has 1 aliphatic carbocycles. The van der Waals surface area contributed by atoms with E-state index in [4.69, 9.17) is 0 Å². The van der Waals surface area contributed by atoms with Gasteiger partial charge in [0.1, 0.15) is 0 Å². The predicted octanol–water partition coefficient (Wildman–Crippen LogP) is 4.55. The lowest BCUT2D eigenvalue weighted by Gasteiger charge is -2.21. The molecule has 0 bridgehead atoms. The fraction of sp³-hybridized carbons (Fsp3) is 0.684. The second-order valence-corrected chi connectivity index (χ2v) is 7.59. The molecular weight excluding hydrogens is 242 g/mol. The third kappa shape index (κ3) is 4.09. The van der Waals surface area contributed by atoms with Crippen LogP contribution in [0.1, 0.15) is 58.6 Å². The van der Waals surface area contributed by atoms with Crippen LogP contribution in [0.4, 0.5) is 0 Å². The van der Waals surface area contributed by atoms with E-state index in [0.717, 1.165) is 18.4 Å². The van der Waals surface area contributed by atoms with Crippen molar-refractivity contribution in [3.8, 4) is 0 Å². The molecule has 1 nitrogen and oxygen atoms in total. The Bertz CT molecular complexity index is 412. The lowest BCUT2D eigenvalue weighted by atomic mass is 9.86. The molecule has 1 heteroatoms. The first-order valence-corrected chi connectivity index (χ1v) is 8.24. The molecule has 0 amide bonds. The molecule has 0 aliphatic heterocycles. The van der Waals surface area contributed by atoms with Gasteiger partial charge in [-0.05, 0) is 54.2 Å². The van der Waals surface area contributed by atoms with Gasteiger partial charge in [0.25, 0.3) is 0 Å². The number of nitrogens with one attached hydrogen (secondary N) is 1. The van der Waals surface area contributed by atoms with E-state index in [1.54, 1.807) is 0 Å². The Morgan fingerprint density at radius 2 is 1.80 bits per heavy atom.